The van der Waals surface area contributed by atoms with Gasteiger partial charge in [-0.1, -0.05) is 12.1 Å². The van der Waals surface area contributed by atoms with E-state index in [9.17, 15) is 17.6 Å². The van der Waals surface area contributed by atoms with E-state index in [2.05, 4.69) is 10.0 Å². The Balaban J connectivity index is 1.95. The molecule has 0 bridgehead atoms. The van der Waals surface area contributed by atoms with Gasteiger partial charge in [0.1, 0.15) is 5.82 Å². The number of benzene rings is 2. The minimum absolute atomic E-state index is 0.0395. The predicted molar refractivity (Wildman–Crippen MR) is 87.6 cm³/mol. The molecule has 23 heavy (non-hydrogen) atoms. The Kier molecular flexibility index (Phi) is 4.27. The van der Waals surface area contributed by atoms with Crippen molar-refractivity contribution in [3.05, 3.63) is 48.3 Å². The molecule has 2 aromatic carbocycles. The molecule has 120 valence electrons. The SMILES string of the molecule is O=C1CCSc2ccc(S(=O)(=O)Nc3ccccc3F)cc2N1. The van der Waals surface area contributed by atoms with E-state index in [0.29, 0.717) is 17.9 Å². The fourth-order valence-corrected chi connectivity index (χ4v) is 4.14. The maximum absolute atomic E-state index is 13.6. The van der Waals surface area contributed by atoms with Gasteiger partial charge in [-0.2, -0.15) is 0 Å². The lowest BCUT2D eigenvalue weighted by Crippen LogP contribution is -2.15. The summed E-state index contributed by atoms with van der Waals surface area (Å²) in [5.41, 5.74) is 0.328. The van der Waals surface area contributed by atoms with Crippen molar-refractivity contribution in [2.75, 3.05) is 15.8 Å². The number of halogens is 1. The molecule has 8 heteroatoms. The first-order valence-corrected chi connectivity index (χ1v) is 9.27. The van der Waals surface area contributed by atoms with E-state index in [-0.39, 0.29) is 16.5 Å². The van der Waals surface area contributed by atoms with E-state index >= 15 is 0 Å². The summed E-state index contributed by atoms with van der Waals surface area (Å²) in [4.78, 5) is 12.4. The Morgan fingerprint density at radius 3 is 2.74 bits per heavy atom. The average molecular weight is 352 g/mol. The Bertz CT molecular complexity index is 869. The van der Waals surface area contributed by atoms with E-state index in [1.165, 1.54) is 48.2 Å². The highest BCUT2D eigenvalue weighted by Crippen LogP contribution is 2.33. The molecule has 5 nitrogen and oxygen atoms in total. The summed E-state index contributed by atoms with van der Waals surface area (Å²) < 4.78 is 40.7. The summed E-state index contributed by atoms with van der Waals surface area (Å²) >= 11 is 1.48. The molecule has 1 aliphatic rings. The van der Waals surface area contributed by atoms with Gasteiger partial charge in [-0.25, -0.2) is 12.8 Å². The number of fused-ring (bicyclic) bond motifs is 1. The third kappa shape index (κ3) is 3.48. The maximum Gasteiger partial charge on any atom is 0.262 e. The van der Waals surface area contributed by atoms with Crippen molar-refractivity contribution >= 4 is 39.1 Å². The molecular weight excluding hydrogens is 339 g/mol. The standard InChI is InChI=1S/C15H13FN2O3S2/c16-11-3-1-2-4-12(11)18-23(20,21)10-5-6-14-13(9-10)17-15(19)7-8-22-14/h1-6,9,18H,7-8H2,(H,17,19). The zero-order chi connectivity index (χ0) is 16.4. The molecule has 0 unspecified atom stereocenters. The first-order valence-electron chi connectivity index (χ1n) is 6.80. The summed E-state index contributed by atoms with van der Waals surface area (Å²) in [5, 5.41) is 2.68. The topological polar surface area (TPSA) is 75.3 Å². The van der Waals surface area contributed by atoms with Crippen molar-refractivity contribution in [3.63, 3.8) is 0 Å². The second-order valence-electron chi connectivity index (χ2n) is 4.89. The normalized spacial score (nSPS) is 14.6. The molecule has 0 aromatic heterocycles. The minimum atomic E-state index is -3.95. The van der Waals surface area contributed by atoms with E-state index in [1.54, 1.807) is 6.07 Å². The highest BCUT2D eigenvalue weighted by atomic mass is 32.2. The maximum atomic E-state index is 13.6. The molecule has 0 atom stereocenters. The Hall–Kier alpha value is -2.06. The minimum Gasteiger partial charge on any atom is -0.325 e. The van der Waals surface area contributed by atoms with Crippen LogP contribution in [0.3, 0.4) is 0 Å². The highest BCUT2D eigenvalue weighted by molar-refractivity contribution is 7.99. The van der Waals surface area contributed by atoms with Gasteiger partial charge in [-0.3, -0.25) is 9.52 Å². The van der Waals surface area contributed by atoms with Gasteiger partial charge in [0.05, 0.1) is 16.3 Å². The second kappa shape index (κ2) is 6.21. The lowest BCUT2D eigenvalue weighted by Gasteiger charge is -2.12. The predicted octanol–water partition coefficient (Wildman–Crippen LogP) is 3.06. The first-order chi connectivity index (χ1) is 11.0. The number of carbonyl (C=O) groups is 1. The molecule has 2 aromatic rings. The van der Waals surface area contributed by atoms with Gasteiger partial charge in [0.25, 0.3) is 10.0 Å². The van der Waals surface area contributed by atoms with E-state index in [1.807, 2.05) is 0 Å². The fourth-order valence-electron chi connectivity index (χ4n) is 2.11. The average Bonchev–Trinajstić information content (AvgIpc) is 2.69. The van der Waals surface area contributed by atoms with Crippen molar-refractivity contribution in [2.24, 2.45) is 0 Å². The quantitative estimate of drug-likeness (QED) is 0.890. The smallest absolute Gasteiger partial charge is 0.262 e. The molecule has 1 amide bonds. The van der Waals surface area contributed by atoms with Crippen LogP contribution in [0.1, 0.15) is 6.42 Å². The molecule has 0 radical (unpaired) electrons. The van der Waals surface area contributed by atoms with Crippen LogP contribution in [0.15, 0.2) is 52.3 Å². The molecule has 0 saturated carbocycles. The Morgan fingerprint density at radius 2 is 1.96 bits per heavy atom. The molecule has 3 rings (SSSR count). The van der Waals surface area contributed by atoms with E-state index < -0.39 is 15.8 Å². The Labute approximate surface area is 137 Å². The molecule has 0 aliphatic carbocycles. The first kappa shape index (κ1) is 15.8. The molecular formula is C15H13FN2O3S2. The van der Waals surface area contributed by atoms with E-state index in [4.69, 9.17) is 0 Å². The lowest BCUT2D eigenvalue weighted by atomic mass is 10.3. The van der Waals surface area contributed by atoms with Gasteiger partial charge in [0, 0.05) is 17.1 Å². The molecule has 2 N–H and O–H groups in total. The van der Waals surface area contributed by atoms with Gasteiger partial charge < -0.3 is 5.32 Å². The van der Waals surface area contributed by atoms with Crippen molar-refractivity contribution in [2.45, 2.75) is 16.2 Å². The molecule has 0 fully saturated rings. The third-order valence-corrected chi connectivity index (χ3v) is 5.68. The number of carbonyl (C=O) groups excluding carboxylic acids is 1. The molecule has 1 heterocycles. The van der Waals surface area contributed by atoms with Crippen LogP contribution >= 0.6 is 11.8 Å². The van der Waals surface area contributed by atoms with Crippen molar-refractivity contribution in [3.8, 4) is 0 Å². The number of hydrogen-bond acceptors (Lipinski definition) is 4. The fraction of sp³-hybridized carbons (Fsp3) is 0.133. The molecule has 1 aliphatic heterocycles. The van der Waals surface area contributed by atoms with E-state index in [0.717, 1.165) is 4.90 Å². The lowest BCUT2D eigenvalue weighted by molar-refractivity contribution is -0.115. The number of hydrogen-bond donors (Lipinski definition) is 2. The third-order valence-electron chi connectivity index (χ3n) is 3.24. The van der Waals surface area contributed by atoms with Crippen LogP contribution in [0.25, 0.3) is 0 Å². The highest BCUT2D eigenvalue weighted by Gasteiger charge is 2.20. The molecule has 0 saturated heterocycles. The van der Waals surface area contributed by atoms with Crippen LogP contribution in [0.5, 0.6) is 0 Å². The van der Waals surface area contributed by atoms with Crippen molar-refractivity contribution in [1.29, 1.82) is 0 Å². The number of anilines is 2. The van der Waals surface area contributed by atoms with Crippen LogP contribution in [0.4, 0.5) is 15.8 Å². The summed E-state index contributed by atoms with van der Waals surface area (Å²) in [6, 6.07) is 9.99. The zero-order valence-electron chi connectivity index (χ0n) is 11.9. The summed E-state index contributed by atoms with van der Waals surface area (Å²) in [6.07, 6.45) is 0.370. The van der Waals surface area contributed by atoms with Gasteiger partial charge in [0.2, 0.25) is 5.91 Å². The van der Waals surface area contributed by atoms with Crippen LogP contribution < -0.4 is 10.0 Å². The van der Waals surface area contributed by atoms with Crippen LogP contribution in [0, 0.1) is 5.82 Å². The number of thioether (sulfide) groups is 1. The summed E-state index contributed by atoms with van der Waals surface area (Å²) in [5.74, 6) is -0.180. The van der Waals surface area contributed by atoms with Crippen molar-refractivity contribution < 1.29 is 17.6 Å². The number of sulfonamides is 1. The Morgan fingerprint density at radius 1 is 1.17 bits per heavy atom. The van der Waals surface area contributed by atoms with Gasteiger partial charge >= 0.3 is 0 Å². The van der Waals surface area contributed by atoms with Crippen LogP contribution in [-0.4, -0.2) is 20.1 Å². The van der Waals surface area contributed by atoms with Crippen molar-refractivity contribution in [1.82, 2.24) is 0 Å². The summed E-state index contributed by atoms with van der Waals surface area (Å²) in [6.45, 7) is 0. The molecule has 0 spiro atoms. The summed E-state index contributed by atoms with van der Waals surface area (Å²) in [7, 11) is -3.95. The zero-order valence-corrected chi connectivity index (χ0v) is 13.5. The monoisotopic (exact) mass is 352 g/mol. The number of rotatable bonds is 3. The van der Waals surface area contributed by atoms with Gasteiger partial charge in [0.15, 0.2) is 0 Å². The number of nitrogens with one attached hydrogen (secondary N) is 2. The van der Waals surface area contributed by atoms with Gasteiger partial charge in [-0.15, -0.1) is 11.8 Å². The number of para-hydroxylation sites is 1. The van der Waals surface area contributed by atoms with Gasteiger partial charge in [-0.05, 0) is 30.3 Å². The van der Waals surface area contributed by atoms with Crippen LogP contribution in [0.2, 0.25) is 0 Å². The largest absolute Gasteiger partial charge is 0.325 e. The second-order valence-corrected chi connectivity index (χ2v) is 7.71. The number of amides is 1. The van der Waals surface area contributed by atoms with Crippen LogP contribution in [-0.2, 0) is 14.8 Å².